The zero-order chi connectivity index (χ0) is 17.2. The molecule has 1 aliphatic rings. The van der Waals surface area contributed by atoms with Crippen LogP contribution < -0.4 is 10.1 Å². The minimum Gasteiger partial charge on any atom is -0.478 e. The van der Waals surface area contributed by atoms with E-state index in [0.717, 1.165) is 43.6 Å². The molecule has 1 heterocycles. The summed E-state index contributed by atoms with van der Waals surface area (Å²) in [7, 11) is 3.82. The van der Waals surface area contributed by atoms with Crippen molar-refractivity contribution in [1.29, 1.82) is 0 Å². The first kappa shape index (κ1) is 22.0. The molecule has 1 fully saturated rings. The molecule has 0 atom stereocenters. The van der Waals surface area contributed by atoms with E-state index in [1.165, 1.54) is 12.8 Å². The molecule has 0 spiro atoms. The molecule has 1 N–H and O–H groups in total. The van der Waals surface area contributed by atoms with Crippen LogP contribution in [0.5, 0.6) is 5.88 Å². The molecule has 142 valence electrons. The second kappa shape index (κ2) is 12.3. The van der Waals surface area contributed by atoms with Crippen molar-refractivity contribution in [3.63, 3.8) is 0 Å². The summed E-state index contributed by atoms with van der Waals surface area (Å²) in [4.78, 5) is 10.7. The average Bonchev–Trinajstić information content (AvgIpc) is 3.43. The lowest BCUT2D eigenvalue weighted by molar-refractivity contribution is 0.115. The van der Waals surface area contributed by atoms with Gasteiger partial charge in [-0.2, -0.15) is 0 Å². The first-order valence-electron chi connectivity index (χ1n) is 8.80. The van der Waals surface area contributed by atoms with Gasteiger partial charge in [-0.05, 0) is 30.7 Å². The molecular weight excluding hydrogens is 431 g/mol. The molecule has 0 saturated heterocycles. The zero-order valence-corrected chi connectivity index (χ0v) is 17.9. The highest BCUT2D eigenvalue weighted by atomic mass is 127. The fourth-order valence-electron chi connectivity index (χ4n) is 2.22. The van der Waals surface area contributed by atoms with Gasteiger partial charge in [0.05, 0.1) is 13.2 Å². The SMILES string of the molecule is CCCOc1ccc(CNC(=NC)N(C)CCOCC2CC2)cn1.I. The van der Waals surface area contributed by atoms with E-state index in [1.54, 1.807) is 7.05 Å². The third-order valence-electron chi connectivity index (χ3n) is 3.90. The Morgan fingerprint density at radius 3 is 2.76 bits per heavy atom. The number of ether oxygens (including phenoxy) is 2. The van der Waals surface area contributed by atoms with E-state index in [1.807, 2.05) is 25.4 Å². The number of nitrogens with one attached hydrogen (secondary N) is 1. The van der Waals surface area contributed by atoms with E-state index in [0.29, 0.717) is 19.0 Å². The fourth-order valence-corrected chi connectivity index (χ4v) is 2.22. The average molecular weight is 462 g/mol. The number of aliphatic imine (C=N–C) groups is 1. The van der Waals surface area contributed by atoms with Gasteiger partial charge in [0.1, 0.15) is 0 Å². The van der Waals surface area contributed by atoms with Crippen molar-refractivity contribution in [1.82, 2.24) is 15.2 Å². The molecule has 0 aliphatic heterocycles. The lowest BCUT2D eigenvalue weighted by atomic mass is 10.3. The van der Waals surface area contributed by atoms with Crippen LogP contribution in [0.1, 0.15) is 31.7 Å². The topological polar surface area (TPSA) is 59.0 Å². The van der Waals surface area contributed by atoms with Gasteiger partial charge in [0, 0.05) is 46.1 Å². The van der Waals surface area contributed by atoms with Crippen LogP contribution >= 0.6 is 24.0 Å². The number of halogens is 1. The van der Waals surface area contributed by atoms with Crippen LogP contribution in [0, 0.1) is 5.92 Å². The van der Waals surface area contributed by atoms with Gasteiger partial charge in [-0.3, -0.25) is 4.99 Å². The number of pyridine rings is 1. The number of likely N-dealkylation sites (N-methyl/N-ethyl adjacent to an activating group) is 1. The number of rotatable bonds is 10. The van der Waals surface area contributed by atoms with Crippen molar-refractivity contribution in [3.05, 3.63) is 23.9 Å². The summed E-state index contributed by atoms with van der Waals surface area (Å²) in [5.41, 5.74) is 1.10. The molecule has 25 heavy (non-hydrogen) atoms. The maximum Gasteiger partial charge on any atom is 0.213 e. The summed E-state index contributed by atoms with van der Waals surface area (Å²) in [6, 6.07) is 3.93. The van der Waals surface area contributed by atoms with Gasteiger partial charge in [-0.1, -0.05) is 13.0 Å². The highest BCUT2D eigenvalue weighted by molar-refractivity contribution is 14.0. The van der Waals surface area contributed by atoms with Crippen molar-refractivity contribution >= 4 is 29.9 Å². The van der Waals surface area contributed by atoms with Gasteiger partial charge in [0.25, 0.3) is 0 Å². The van der Waals surface area contributed by atoms with Crippen LogP contribution in [-0.2, 0) is 11.3 Å². The third kappa shape index (κ3) is 8.71. The van der Waals surface area contributed by atoms with E-state index < -0.39 is 0 Å². The number of hydrogen-bond donors (Lipinski definition) is 1. The molecule has 0 radical (unpaired) electrons. The van der Waals surface area contributed by atoms with Gasteiger partial charge >= 0.3 is 0 Å². The lowest BCUT2D eigenvalue weighted by Crippen LogP contribution is -2.40. The molecule has 0 unspecified atom stereocenters. The Kier molecular flexibility index (Phi) is 10.8. The van der Waals surface area contributed by atoms with Gasteiger partial charge in [0.15, 0.2) is 5.96 Å². The minimum absolute atomic E-state index is 0. The number of aromatic nitrogens is 1. The maximum atomic E-state index is 5.68. The predicted molar refractivity (Wildman–Crippen MR) is 112 cm³/mol. The van der Waals surface area contributed by atoms with Crippen molar-refractivity contribution in [2.24, 2.45) is 10.9 Å². The van der Waals surface area contributed by atoms with Crippen LogP contribution in [0.25, 0.3) is 0 Å². The van der Waals surface area contributed by atoms with Gasteiger partial charge in [-0.25, -0.2) is 4.98 Å². The smallest absolute Gasteiger partial charge is 0.213 e. The van der Waals surface area contributed by atoms with E-state index in [2.05, 4.69) is 27.1 Å². The van der Waals surface area contributed by atoms with Crippen LogP contribution in [0.4, 0.5) is 0 Å². The second-order valence-corrected chi connectivity index (χ2v) is 6.19. The Balaban J connectivity index is 0.00000312. The molecule has 0 amide bonds. The standard InChI is InChI=1S/C18H30N4O2.HI/c1-4-10-24-17-8-7-16(12-20-17)13-21-18(19-2)22(3)9-11-23-14-15-5-6-15;/h7-8,12,15H,4-6,9-11,13-14H2,1-3H3,(H,19,21);1H. The Bertz CT molecular complexity index is 506. The Morgan fingerprint density at radius 2 is 2.16 bits per heavy atom. The van der Waals surface area contributed by atoms with E-state index in [4.69, 9.17) is 9.47 Å². The summed E-state index contributed by atoms with van der Waals surface area (Å²) < 4.78 is 11.2. The number of hydrogen-bond acceptors (Lipinski definition) is 4. The van der Waals surface area contributed by atoms with Crippen LogP contribution in [0.15, 0.2) is 23.3 Å². The summed E-state index contributed by atoms with van der Waals surface area (Å²) >= 11 is 0. The molecule has 2 rings (SSSR count). The van der Waals surface area contributed by atoms with Crippen molar-refractivity contribution < 1.29 is 9.47 Å². The zero-order valence-electron chi connectivity index (χ0n) is 15.5. The first-order valence-corrected chi connectivity index (χ1v) is 8.80. The molecular formula is C18H31IN4O2. The quantitative estimate of drug-likeness (QED) is 0.251. The Labute approximate surface area is 168 Å². The normalized spacial score (nSPS) is 14.0. The van der Waals surface area contributed by atoms with Crippen LogP contribution in [0.3, 0.4) is 0 Å². The largest absolute Gasteiger partial charge is 0.478 e. The number of nitrogens with zero attached hydrogens (tertiary/aromatic N) is 3. The summed E-state index contributed by atoms with van der Waals surface area (Å²) in [5.74, 6) is 2.34. The Morgan fingerprint density at radius 1 is 1.36 bits per heavy atom. The molecule has 0 bridgehead atoms. The number of guanidine groups is 1. The summed E-state index contributed by atoms with van der Waals surface area (Å²) in [5, 5.41) is 3.35. The fraction of sp³-hybridized carbons (Fsp3) is 0.667. The second-order valence-electron chi connectivity index (χ2n) is 6.19. The van der Waals surface area contributed by atoms with Crippen molar-refractivity contribution in [2.45, 2.75) is 32.7 Å². The molecule has 1 aliphatic carbocycles. The lowest BCUT2D eigenvalue weighted by Gasteiger charge is -2.22. The highest BCUT2D eigenvalue weighted by Gasteiger charge is 2.21. The molecule has 1 aromatic heterocycles. The Hall–Kier alpha value is -1.09. The molecule has 0 aromatic carbocycles. The summed E-state index contributed by atoms with van der Waals surface area (Å²) in [6.07, 6.45) is 5.48. The van der Waals surface area contributed by atoms with Gasteiger partial charge in [0.2, 0.25) is 5.88 Å². The van der Waals surface area contributed by atoms with E-state index >= 15 is 0 Å². The van der Waals surface area contributed by atoms with Gasteiger partial charge in [-0.15, -0.1) is 24.0 Å². The first-order chi connectivity index (χ1) is 11.7. The minimum atomic E-state index is 0. The van der Waals surface area contributed by atoms with Crippen LogP contribution in [0.2, 0.25) is 0 Å². The van der Waals surface area contributed by atoms with Crippen LogP contribution in [-0.4, -0.2) is 56.3 Å². The molecule has 1 aromatic rings. The molecule has 1 saturated carbocycles. The molecule has 7 heteroatoms. The monoisotopic (exact) mass is 462 g/mol. The third-order valence-corrected chi connectivity index (χ3v) is 3.90. The maximum absolute atomic E-state index is 5.68. The predicted octanol–water partition coefficient (Wildman–Crippen LogP) is 2.92. The van der Waals surface area contributed by atoms with Crippen molar-refractivity contribution in [3.8, 4) is 5.88 Å². The van der Waals surface area contributed by atoms with E-state index in [-0.39, 0.29) is 24.0 Å². The summed E-state index contributed by atoms with van der Waals surface area (Å²) in [6.45, 7) is 5.92. The van der Waals surface area contributed by atoms with Gasteiger partial charge < -0.3 is 19.7 Å². The van der Waals surface area contributed by atoms with E-state index in [9.17, 15) is 0 Å². The molecule has 6 nitrogen and oxygen atoms in total. The highest BCUT2D eigenvalue weighted by Crippen LogP contribution is 2.28. The van der Waals surface area contributed by atoms with Crippen molar-refractivity contribution in [2.75, 3.05) is 40.5 Å².